The van der Waals surface area contributed by atoms with Crippen molar-refractivity contribution in [3.05, 3.63) is 46.5 Å². The van der Waals surface area contributed by atoms with Crippen molar-refractivity contribution in [3.63, 3.8) is 0 Å². The summed E-state index contributed by atoms with van der Waals surface area (Å²) in [7, 11) is 0. The normalized spacial score (nSPS) is 14.1. The van der Waals surface area contributed by atoms with Crippen LogP contribution in [0.15, 0.2) is 18.2 Å². The third-order valence-corrected chi connectivity index (χ3v) is 4.66. The number of benzene rings is 1. The van der Waals surface area contributed by atoms with E-state index >= 15 is 0 Å². The molecule has 1 atom stereocenters. The molecule has 0 fully saturated rings. The van der Waals surface area contributed by atoms with Crippen molar-refractivity contribution in [2.45, 2.75) is 52.0 Å². The number of carboxylic acid groups (broad SMARTS) is 1. The van der Waals surface area contributed by atoms with Gasteiger partial charge >= 0.3 is 5.97 Å². The maximum atomic E-state index is 14.4. The highest BCUT2D eigenvalue weighted by molar-refractivity contribution is 5.96. The van der Waals surface area contributed by atoms with Crippen LogP contribution in [0.4, 0.5) is 4.39 Å². The molecule has 0 radical (unpaired) electrons. The number of nitrogens with zero attached hydrogens (tertiary/aromatic N) is 2. The highest BCUT2D eigenvalue weighted by Crippen LogP contribution is 2.29. The van der Waals surface area contributed by atoms with Crippen LogP contribution in [0.5, 0.6) is 0 Å². The van der Waals surface area contributed by atoms with E-state index in [1.54, 1.807) is 19.1 Å². The van der Waals surface area contributed by atoms with Crippen LogP contribution in [0, 0.1) is 12.7 Å². The molecule has 0 aliphatic heterocycles. The molecule has 1 aliphatic rings. The van der Waals surface area contributed by atoms with Crippen LogP contribution >= 0.6 is 0 Å². The summed E-state index contributed by atoms with van der Waals surface area (Å²) in [5.41, 5.74) is 2.90. The first kappa shape index (κ1) is 18.1. The lowest BCUT2D eigenvalue weighted by atomic mass is 10.1. The predicted molar refractivity (Wildman–Crippen MR) is 94.1 cm³/mol. The van der Waals surface area contributed by atoms with Crippen molar-refractivity contribution in [2.75, 3.05) is 0 Å². The van der Waals surface area contributed by atoms with E-state index in [0.717, 1.165) is 23.2 Å². The van der Waals surface area contributed by atoms with E-state index in [2.05, 4.69) is 10.4 Å². The lowest BCUT2D eigenvalue weighted by Crippen LogP contribution is -2.41. The summed E-state index contributed by atoms with van der Waals surface area (Å²) in [4.78, 5) is 23.9. The number of carbonyl (C=O) groups excluding carboxylic acids is 1. The molecular formula is C19H22FN3O3. The standard InChI is InChI=1S/C19H22FN3O3/c1-3-5-14(19(25)26)21-18(24)17-12-6-4-7-15(12)23(22-17)16-9-8-11(2)10-13(16)20/h8-10,14H,3-7H2,1-2H3,(H,21,24)(H,25,26). The van der Waals surface area contributed by atoms with Gasteiger partial charge in [0.2, 0.25) is 0 Å². The molecule has 0 bridgehead atoms. The number of fused-ring (bicyclic) bond motifs is 1. The molecule has 0 saturated heterocycles. The molecule has 6 nitrogen and oxygen atoms in total. The molecule has 1 heterocycles. The molecule has 138 valence electrons. The van der Waals surface area contributed by atoms with Gasteiger partial charge in [0.05, 0.1) is 0 Å². The quantitative estimate of drug-likeness (QED) is 0.831. The highest BCUT2D eigenvalue weighted by Gasteiger charge is 2.29. The van der Waals surface area contributed by atoms with E-state index in [1.165, 1.54) is 10.7 Å². The van der Waals surface area contributed by atoms with Crippen LogP contribution in [0.1, 0.15) is 53.5 Å². The van der Waals surface area contributed by atoms with E-state index in [1.807, 2.05) is 6.92 Å². The van der Waals surface area contributed by atoms with Gasteiger partial charge in [0, 0.05) is 11.3 Å². The Kier molecular flexibility index (Phi) is 5.06. The Bertz CT molecular complexity index is 860. The summed E-state index contributed by atoms with van der Waals surface area (Å²) in [6, 6.07) is 3.92. The zero-order chi connectivity index (χ0) is 18.8. The van der Waals surface area contributed by atoms with E-state index < -0.39 is 23.7 Å². The van der Waals surface area contributed by atoms with Gasteiger partial charge in [-0.3, -0.25) is 4.79 Å². The zero-order valence-corrected chi connectivity index (χ0v) is 14.9. The van der Waals surface area contributed by atoms with Gasteiger partial charge in [-0.2, -0.15) is 5.10 Å². The van der Waals surface area contributed by atoms with Crippen LogP contribution in [-0.4, -0.2) is 32.8 Å². The molecule has 0 saturated carbocycles. The Morgan fingerprint density at radius 3 is 2.81 bits per heavy atom. The summed E-state index contributed by atoms with van der Waals surface area (Å²) in [5.74, 6) is -1.99. The van der Waals surface area contributed by atoms with Gasteiger partial charge in [-0.25, -0.2) is 13.9 Å². The van der Waals surface area contributed by atoms with Crippen molar-refractivity contribution < 1.29 is 19.1 Å². The Balaban J connectivity index is 1.97. The first-order chi connectivity index (χ1) is 12.4. The maximum Gasteiger partial charge on any atom is 0.326 e. The number of aliphatic carboxylic acids is 1. The molecule has 0 spiro atoms. The van der Waals surface area contributed by atoms with Gasteiger partial charge in [0.25, 0.3) is 5.91 Å². The van der Waals surface area contributed by atoms with Gasteiger partial charge in [-0.1, -0.05) is 19.4 Å². The minimum atomic E-state index is -1.07. The monoisotopic (exact) mass is 359 g/mol. The second-order valence-electron chi connectivity index (χ2n) is 6.65. The van der Waals surface area contributed by atoms with Crippen LogP contribution in [-0.2, 0) is 17.6 Å². The number of rotatable bonds is 6. The third-order valence-electron chi connectivity index (χ3n) is 4.66. The van der Waals surface area contributed by atoms with Crippen molar-refractivity contribution in [2.24, 2.45) is 0 Å². The number of nitrogens with one attached hydrogen (secondary N) is 1. The average Bonchev–Trinajstić information content (AvgIpc) is 3.17. The molecule has 3 rings (SSSR count). The second-order valence-corrected chi connectivity index (χ2v) is 6.65. The molecule has 1 aromatic heterocycles. The average molecular weight is 359 g/mol. The molecule has 2 N–H and O–H groups in total. The largest absolute Gasteiger partial charge is 0.480 e. The Labute approximate surface area is 151 Å². The summed E-state index contributed by atoms with van der Waals surface area (Å²) in [6.45, 7) is 3.66. The van der Waals surface area contributed by atoms with Crippen molar-refractivity contribution in [1.29, 1.82) is 0 Å². The molecule has 26 heavy (non-hydrogen) atoms. The summed E-state index contributed by atoms with van der Waals surface area (Å²) in [6.07, 6.45) is 3.23. The lowest BCUT2D eigenvalue weighted by Gasteiger charge is -2.12. The Morgan fingerprint density at radius 1 is 1.38 bits per heavy atom. The van der Waals surface area contributed by atoms with E-state index in [-0.39, 0.29) is 5.69 Å². The van der Waals surface area contributed by atoms with Crippen molar-refractivity contribution >= 4 is 11.9 Å². The Morgan fingerprint density at radius 2 is 2.15 bits per heavy atom. The zero-order valence-electron chi connectivity index (χ0n) is 14.9. The van der Waals surface area contributed by atoms with E-state index in [0.29, 0.717) is 31.4 Å². The van der Waals surface area contributed by atoms with Gasteiger partial charge in [-0.15, -0.1) is 0 Å². The number of aromatic nitrogens is 2. The fourth-order valence-electron chi connectivity index (χ4n) is 3.38. The van der Waals surface area contributed by atoms with Crippen LogP contribution in [0.25, 0.3) is 5.69 Å². The van der Waals surface area contributed by atoms with Crippen molar-refractivity contribution in [3.8, 4) is 5.69 Å². The molecular weight excluding hydrogens is 337 g/mol. The minimum Gasteiger partial charge on any atom is -0.480 e. The predicted octanol–water partition coefficient (Wildman–Crippen LogP) is 2.79. The molecule has 1 unspecified atom stereocenters. The lowest BCUT2D eigenvalue weighted by molar-refractivity contribution is -0.139. The van der Waals surface area contributed by atoms with E-state index in [4.69, 9.17) is 0 Å². The fraction of sp³-hybridized carbons (Fsp3) is 0.421. The van der Waals surface area contributed by atoms with Crippen molar-refractivity contribution in [1.82, 2.24) is 15.1 Å². The number of amides is 1. The number of aryl methyl sites for hydroxylation is 1. The summed E-state index contributed by atoms with van der Waals surface area (Å²) in [5, 5.41) is 16.1. The van der Waals surface area contributed by atoms with Gasteiger partial charge in [0.15, 0.2) is 5.69 Å². The number of carbonyl (C=O) groups is 2. The van der Waals surface area contributed by atoms with Crippen LogP contribution < -0.4 is 5.32 Å². The molecule has 1 aromatic carbocycles. The third kappa shape index (κ3) is 3.34. The summed E-state index contributed by atoms with van der Waals surface area (Å²) < 4.78 is 15.9. The fourth-order valence-corrected chi connectivity index (χ4v) is 3.38. The SMILES string of the molecule is CCCC(NC(=O)c1nn(-c2ccc(C)cc2F)c2c1CCC2)C(=O)O. The number of halogens is 1. The van der Waals surface area contributed by atoms with Gasteiger partial charge < -0.3 is 10.4 Å². The molecule has 2 aromatic rings. The number of hydrogen-bond acceptors (Lipinski definition) is 3. The van der Waals surface area contributed by atoms with Gasteiger partial charge in [0.1, 0.15) is 17.5 Å². The first-order valence-corrected chi connectivity index (χ1v) is 8.83. The van der Waals surface area contributed by atoms with Crippen LogP contribution in [0.2, 0.25) is 0 Å². The number of carboxylic acids is 1. The topological polar surface area (TPSA) is 84.2 Å². The maximum absolute atomic E-state index is 14.4. The van der Waals surface area contributed by atoms with E-state index in [9.17, 15) is 19.1 Å². The minimum absolute atomic E-state index is 0.194. The molecule has 1 aliphatic carbocycles. The smallest absolute Gasteiger partial charge is 0.326 e. The van der Waals surface area contributed by atoms with Gasteiger partial charge in [-0.05, 0) is 50.3 Å². The number of hydrogen-bond donors (Lipinski definition) is 2. The molecule has 7 heteroatoms. The molecule has 1 amide bonds. The highest BCUT2D eigenvalue weighted by atomic mass is 19.1. The first-order valence-electron chi connectivity index (χ1n) is 8.83. The second kappa shape index (κ2) is 7.27. The Hall–Kier alpha value is -2.70. The summed E-state index contributed by atoms with van der Waals surface area (Å²) >= 11 is 0. The van der Waals surface area contributed by atoms with Crippen LogP contribution in [0.3, 0.4) is 0 Å².